The maximum absolute atomic E-state index is 13.6. The standard InChI is InChI=1S/C46H66N6O14/c1-31(53)47-22-24-65-26-28-66-27-25-64-23-20-40(54)49-30-33-12-16-36(17-13-33)42(57)50-39(29-32-10-14-35(15-11-32)34-7-3-2-4-8-34)43(58)48-21-6-5-9-37(44(59)60)51-46(63)52-38(45(61)62)18-19-41(55)56/h2-4,7-8,10-11,14-15,33,36-39H,5-6,9,12-13,16-30H2,1H3,(H,47,53)(H,48,58)(H,49,54)(H,50,57)(H,55,56)(H,59,60)(H,61,62)(H2,51,52,63)/t33?,36?,37-,38-,39-/m0/s1. The summed E-state index contributed by atoms with van der Waals surface area (Å²) < 4.78 is 16.3. The normalized spacial score (nSPS) is 15.8. The number of carboxylic acid groups (broad SMARTS) is 3. The van der Waals surface area contributed by atoms with Crippen LogP contribution in [-0.2, 0) is 54.2 Å². The molecule has 3 rings (SSSR count). The lowest BCUT2D eigenvalue weighted by atomic mass is 9.81. The van der Waals surface area contributed by atoms with Gasteiger partial charge in [0, 0.05) is 51.7 Å². The number of carbonyl (C=O) groups is 8. The highest BCUT2D eigenvalue weighted by molar-refractivity contribution is 5.89. The summed E-state index contributed by atoms with van der Waals surface area (Å²) in [6, 6.07) is 12.6. The van der Waals surface area contributed by atoms with Gasteiger partial charge in [-0.05, 0) is 74.0 Å². The Bertz CT molecular complexity index is 1840. The molecule has 2 aromatic carbocycles. The van der Waals surface area contributed by atoms with Crippen molar-refractivity contribution in [2.75, 3.05) is 59.3 Å². The number of amides is 6. The molecule has 0 radical (unpaired) electrons. The topological polar surface area (TPSA) is 297 Å². The Morgan fingerprint density at radius 3 is 1.80 bits per heavy atom. The molecule has 0 bridgehead atoms. The molecule has 0 aromatic heterocycles. The number of ether oxygens (including phenoxy) is 3. The SMILES string of the molecule is CC(=O)NCCOCCOCCOCCC(=O)NCC1CCC(C(=O)N[C@@H](Cc2ccc(-c3ccccc3)cc2)C(=O)NCCCC[C@H](NC(=O)N[C@@H](CCC(=O)O)C(=O)O)C(=O)O)CC1. The molecule has 364 valence electrons. The van der Waals surface area contributed by atoms with E-state index in [1.165, 1.54) is 6.92 Å². The van der Waals surface area contributed by atoms with Gasteiger partial charge < -0.3 is 61.4 Å². The molecule has 1 aliphatic carbocycles. The Hall–Kier alpha value is -6.12. The number of unbranched alkanes of at least 4 members (excludes halogenated alkanes) is 1. The molecule has 20 heteroatoms. The van der Waals surface area contributed by atoms with Crippen LogP contribution in [0, 0.1) is 11.8 Å². The van der Waals surface area contributed by atoms with Crippen molar-refractivity contribution in [1.29, 1.82) is 0 Å². The molecular formula is C46H66N6O14. The number of hydrogen-bond acceptors (Lipinski definition) is 11. The van der Waals surface area contributed by atoms with Crippen LogP contribution in [0.15, 0.2) is 54.6 Å². The first-order chi connectivity index (χ1) is 31.7. The third-order valence-electron chi connectivity index (χ3n) is 10.8. The minimum atomic E-state index is -1.53. The van der Waals surface area contributed by atoms with E-state index in [1.54, 1.807) is 0 Å². The summed E-state index contributed by atoms with van der Waals surface area (Å²) in [7, 11) is 0. The molecule has 0 saturated heterocycles. The third kappa shape index (κ3) is 22.7. The van der Waals surface area contributed by atoms with Crippen molar-refractivity contribution < 1.29 is 67.9 Å². The number of benzene rings is 2. The average molecular weight is 927 g/mol. The summed E-state index contributed by atoms with van der Waals surface area (Å²) >= 11 is 0. The third-order valence-corrected chi connectivity index (χ3v) is 10.8. The van der Waals surface area contributed by atoms with E-state index in [4.69, 9.17) is 19.3 Å². The smallest absolute Gasteiger partial charge is 0.326 e. The molecule has 0 aliphatic heterocycles. The van der Waals surface area contributed by atoms with Crippen molar-refractivity contribution in [1.82, 2.24) is 31.9 Å². The Morgan fingerprint density at radius 1 is 0.606 bits per heavy atom. The van der Waals surface area contributed by atoms with E-state index >= 15 is 0 Å². The minimum absolute atomic E-state index is 0.0431. The zero-order valence-corrected chi connectivity index (χ0v) is 37.6. The molecule has 1 aliphatic rings. The number of aliphatic carboxylic acids is 3. The van der Waals surface area contributed by atoms with Gasteiger partial charge in [-0.2, -0.15) is 0 Å². The van der Waals surface area contributed by atoms with Crippen molar-refractivity contribution >= 4 is 47.6 Å². The fraction of sp³-hybridized carbons (Fsp3) is 0.565. The van der Waals surface area contributed by atoms with E-state index in [2.05, 4.69) is 31.9 Å². The summed E-state index contributed by atoms with van der Waals surface area (Å²) in [6.45, 7) is 4.66. The van der Waals surface area contributed by atoms with Gasteiger partial charge >= 0.3 is 23.9 Å². The number of hydrogen-bond donors (Lipinski definition) is 9. The minimum Gasteiger partial charge on any atom is -0.481 e. The maximum atomic E-state index is 13.6. The van der Waals surface area contributed by atoms with E-state index in [-0.39, 0.29) is 68.4 Å². The second-order valence-electron chi connectivity index (χ2n) is 16.0. The first-order valence-corrected chi connectivity index (χ1v) is 22.4. The predicted octanol–water partition coefficient (Wildman–Crippen LogP) is 2.24. The molecule has 0 heterocycles. The van der Waals surface area contributed by atoms with E-state index in [9.17, 15) is 48.6 Å². The van der Waals surface area contributed by atoms with E-state index < -0.39 is 60.8 Å². The van der Waals surface area contributed by atoms with Gasteiger partial charge in [0.1, 0.15) is 18.1 Å². The largest absolute Gasteiger partial charge is 0.481 e. The second-order valence-corrected chi connectivity index (χ2v) is 16.0. The lowest BCUT2D eigenvalue weighted by Gasteiger charge is -2.29. The first-order valence-electron chi connectivity index (χ1n) is 22.4. The second kappa shape index (κ2) is 30.9. The monoisotopic (exact) mass is 926 g/mol. The molecule has 1 fully saturated rings. The van der Waals surface area contributed by atoms with Gasteiger partial charge in [-0.3, -0.25) is 24.0 Å². The number of carboxylic acids is 3. The van der Waals surface area contributed by atoms with Crippen LogP contribution in [0.3, 0.4) is 0 Å². The van der Waals surface area contributed by atoms with Crippen LogP contribution in [0.4, 0.5) is 4.79 Å². The number of rotatable bonds is 32. The lowest BCUT2D eigenvalue weighted by molar-refractivity contribution is -0.141. The summed E-state index contributed by atoms with van der Waals surface area (Å²) in [5, 5.41) is 43.5. The molecule has 1 saturated carbocycles. The Kier molecular flexibility index (Phi) is 25.4. The molecule has 0 unspecified atom stereocenters. The Balaban J connectivity index is 1.43. The zero-order chi connectivity index (χ0) is 48.1. The Morgan fingerprint density at radius 2 is 1.20 bits per heavy atom. The first kappa shape index (κ1) is 54.2. The van der Waals surface area contributed by atoms with E-state index in [1.807, 2.05) is 54.6 Å². The fourth-order valence-electron chi connectivity index (χ4n) is 7.13. The van der Waals surface area contributed by atoms with Crippen molar-refractivity contribution in [3.63, 3.8) is 0 Å². The molecule has 0 spiro atoms. The fourth-order valence-corrected chi connectivity index (χ4v) is 7.13. The lowest BCUT2D eigenvalue weighted by Crippen LogP contribution is -2.51. The van der Waals surface area contributed by atoms with Gasteiger partial charge in [-0.1, -0.05) is 54.6 Å². The van der Waals surface area contributed by atoms with Crippen molar-refractivity contribution in [2.45, 2.75) is 95.7 Å². The van der Waals surface area contributed by atoms with Crippen molar-refractivity contribution in [2.24, 2.45) is 11.8 Å². The van der Waals surface area contributed by atoms with Crippen LogP contribution in [0.5, 0.6) is 0 Å². The van der Waals surface area contributed by atoms with E-state index in [0.717, 1.165) is 29.5 Å². The number of urea groups is 1. The molecule has 20 nitrogen and oxygen atoms in total. The van der Waals surface area contributed by atoms with E-state index in [0.29, 0.717) is 65.4 Å². The van der Waals surface area contributed by atoms with Crippen LogP contribution >= 0.6 is 0 Å². The summed E-state index contributed by atoms with van der Waals surface area (Å²) in [6.07, 6.45) is 2.67. The maximum Gasteiger partial charge on any atom is 0.326 e. The average Bonchev–Trinajstić information content (AvgIpc) is 3.29. The summed E-state index contributed by atoms with van der Waals surface area (Å²) in [5.74, 6) is -5.09. The molecule has 66 heavy (non-hydrogen) atoms. The number of carbonyl (C=O) groups excluding carboxylic acids is 5. The van der Waals surface area contributed by atoms with Gasteiger partial charge in [0.25, 0.3) is 0 Å². The van der Waals surface area contributed by atoms with Gasteiger partial charge in [-0.15, -0.1) is 0 Å². The quantitative estimate of drug-likeness (QED) is 0.0476. The van der Waals surface area contributed by atoms with Gasteiger partial charge in [-0.25, -0.2) is 14.4 Å². The summed E-state index contributed by atoms with van der Waals surface area (Å²) in [5.41, 5.74) is 2.85. The highest BCUT2D eigenvalue weighted by Crippen LogP contribution is 2.29. The highest BCUT2D eigenvalue weighted by atomic mass is 16.5. The van der Waals surface area contributed by atoms with Gasteiger partial charge in [0.15, 0.2) is 0 Å². The number of nitrogens with one attached hydrogen (secondary N) is 6. The van der Waals surface area contributed by atoms with Crippen molar-refractivity contribution in [3.8, 4) is 11.1 Å². The molecular weight excluding hydrogens is 861 g/mol. The Labute approximate surface area is 384 Å². The van der Waals surface area contributed by atoms with Crippen LogP contribution in [0.25, 0.3) is 11.1 Å². The van der Waals surface area contributed by atoms with Gasteiger partial charge in [0.2, 0.25) is 23.6 Å². The zero-order valence-electron chi connectivity index (χ0n) is 37.6. The van der Waals surface area contributed by atoms with Crippen LogP contribution in [-0.4, -0.2) is 140 Å². The molecule has 2 aromatic rings. The molecule has 3 atom stereocenters. The van der Waals surface area contributed by atoms with Crippen LogP contribution in [0.2, 0.25) is 0 Å². The van der Waals surface area contributed by atoms with Gasteiger partial charge in [0.05, 0.1) is 39.6 Å². The van der Waals surface area contributed by atoms with Crippen LogP contribution < -0.4 is 31.9 Å². The molecule has 9 N–H and O–H groups in total. The van der Waals surface area contributed by atoms with Crippen LogP contribution in [0.1, 0.15) is 76.7 Å². The summed E-state index contributed by atoms with van der Waals surface area (Å²) in [4.78, 5) is 97.0. The predicted molar refractivity (Wildman–Crippen MR) is 240 cm³/mol. The highest BCUT2D eigenvalue weighted by Gasteiger charge is 2.30. The van der Waals surface area contributed by atoms with Crippen molar-refractivity contribution in [3.05, 3.63) is 60.2 Å². The molecule has 6 amide bonds.